The second-order valence-electron chi connectivity index (χ2n) is 2.27. The molecule has 1 atom stereocenters. The number of amides is 1. The number of aliphatic carboxylic acids is 1. The maximum Gasteiger partial charge on any atom is 0.320 e. The standard InChI is InChI=1S/C4H7NO.C3H7NO2/c1-3(2)4(5)6;1-2(4)3(5)6/h1H2,2H3,(H2,5,6);2H,4H2,1H3,(H,5,6)/t;2-/m.1/s1. The van der Waals surface area contributed by atoms with E-state index in [1.807, 2.05) is 0 Å². The van der Waals surface area contributed by atoms with Crippen molar-refractivity contribution in [3.63, 3.8) is 0 Å². The second-order valence-corrected chi connectivity index (χ2v) is 2.27. The van der Waals surface area contributed by atoms with Gasteiger partial charge in [-0.15, -0.1) is 0 Å². The highest BCUT2D eigenvalue weighted by Crippen LogP contribution is 1.78. The van der Waals surface area contributed by atoms with E-state index in [9.17, 15) is 9.59 Å². The Balaban J connectivity index is 0. The number of nitrogens with two attached hydrogens (primary N) is 2. The minimum Gasteiger partial charge on any atom is -0.480 e. The molecule has 0 aliphatic heterocycles. The van der Waals surface area contributed by atoms with Gasteiger partial charge in [-0.1, -0.05) is 6.58 Å². The summed E-state index contributed by atoms with van der Waals surface area (Å²) in [5.41, 5.74) is 9.93. The van der Waals surface area contributed by atoms with Crippen molar-refractivity contribution in [2.24, 2.45) is 11.5 Å². The van der Waals surface area contributed by atoms with E-state index in [-0.39, 0.29) is 0 Å². The fourth-order valence-electron chi connectivity index (χ4n) is 0. The predicted molar refractivity (Wildman–Crippen MR) is 45.3 cm³/mol. The zero-order valence-electron chi connectivity index (χ0n) is 7.20. The monoisotopic (exact) mass is 174 g/mol. The predicted octanol–water partition coefficient (Wildman–Crippen LogP) is -0.534. The Hall–Kier alpha value is -1.36. The van der Waals surface area contributed by atoms with Gasteiger partial charge >= 0.3 is 5.97 Å². The molecular formula is C7H14N2O3. The third-order valence-corrected chi connectivity index (χ3v) is 0.810. The molecule has 0 saturated carbocycles. The molecule has 1 amide bonds. The smallest absolute Gasteiger partial charge is 0.320 e. The number of carbonyl (C=O) groups is 2. The van der Waals surface area contributed by atoms with Crippen LogP contribution in [0.1, 0.15) is 13.8 Å². The molecule has 0 aliphatic rings. The largest absolute Gasteiger partial charge is 0.480 e. The SMILES string of the molecule is C=C(C)C(N)=O.C[C@@H](N)C(=O)O. The molecule has 0 aromatic carbocycles. The molecule has 0 aliphatic carbocycles. The molecule has 12 heavy (non-hydrogen) atoms. The Bertz CT molecular complexity index is 175. The van der Waals surface area contributed by atoms with Gasteiger partial charge in [0.05, 0.1) is 0 Å². The minimum absolute atomic E-state index is 0.398. The normalized spacial score (nSPS) is 10.6. The van der Waals surface area contributed by atoms with Crippen LogP contribution in [0.3, 0.4) is 0 Å². The zero-order valence-corrected chi connectivity index (χ0v) is 7.20. The summed E-state index contributed by atoms with van der Waals surface area (Å²) in [5.74, 6) is -1.40. The van der Waals surface area contributed by atoms with Gasteiger partial charge in [0.25, 0.3) is 0 Å². The fraction of sp³-hybridized carbons (Fsp3) is 0.429. The lowest BCUT2D eigenvalue weighted by molar-refractivity contribution is -0.138. The molecule has 0 radical (unpaired) electrons. The van der Waals surface area contributed by atoms with Gasteiger partial charge in [0.15, 0.2) is 0 Å². The first-order valence-electron chi connectivity index (χ1n) is 3.22. The molecule has 5 N–H and O–H groups in total. The van der Waals surface area contributed by atoms with Crippen molar-refractivity contribution in [3.8, 4) is 0 Å². The van der Waals surface area contributed by atoms with E-state index in [4.69, 9.17) is 16.6 Å². The molecular weight excluding hydrogens is 160 g/mol. The van der Waals surface area contributed by atoms with Crippen molar-refractivity contribution in [2.45, 2.75) is 19.9 Å². The molecule has 0 rings (SSSR count). The molecule has 0 saturated heterocycles. The van der Waals surface area contributed by atoms with Crippen molar-refractivity contribution in [1.82, 2.24) is 0 Å². The van der Waals surface area contributed by atoms with Crippen molar-refractivity contribution in [2.75, 3.05) is 0 Å². The lowest BCUT2D eigenvalue weighted by Gasteiger charge is -1.90. The molecule has 0 bridgehead atoms. The Morgan fingerprint density at radius 2 is 1.67 bits per heavy atom. The van der Waals surface area contributed by atoms with Gasteiger partial charge in [0, 0.05) is 5.57 Å². The number of carboxylic acid groups (broad SMARTS) is 1. The van der Waals surface area contributed by atoms with Crippen LogP contribution in [0.2, 0.25) is 0 Å². The van der Waals surface area contributed by atoms with Crippen LogP contribution in [0.4, 0.5) is 0 Å². The third-order valence-electron chi connectivity index (χ3n) is 0.810. The van der Waals surface area contributed by atoms with E-state index < -0.39 is 17.9 Å². The first-order valence-corrected chi connectivity index (χ1v) is 3.22. The lowest BCUT2D eigenvalue weighted by Crippen LogP contribution is -2.25. The minimum atomic E-state index is -0.963. The Labute approximate surface area is 71.0 Å². The molecule has 0 unspecified atom stereocenters. The molecule has 0 aromatic heterocycles. The summed E-state index contributed by atoms with van der Waals surface area (Å²) in [5, 5.41) is 7.87. The number of hydrogen-bond donors (Lipinski definition) is 3. The van der Waals surface area contributed by atoms with Gasteiger partial charge in [-0.3, -0.25) is 9.59 Å². The second kappa shape index (κ2) is 6.36. The molecule has 5 heteroatoms. The Kier molecular flexibility index (Phi) is 7.02. The first kappa shape index (κ1) is 13.2. The molecule has 0 spiro atoms. The molecule has 5 nitrogen and oxygen atoms in total. The van der Waals surface area contributed by atoms with Gasteiger partial charge in [0.1, 0.15) is 6.04 Å². The van der Waals surface area contributed by atoms with E-state index in [1.165, 1.54) is 6.92 Å². The lowest BCUT2D eigenvalue weighted by atomic mass is 10.3. The Morgan fingerprint density at radius 3 is 1.67 bits per heavy atom. The van der Waals surface area contributed by atoms with E-state index >= 15 is 0 Å². The molecule has 70 valence electrons. The molecule has 0 heterocycles. The Morgan fingerprint density at radius 1 is 1.50 bits per heavy atom. The van der Waals surface area contributed by atoms with Crippen LogP contribution in [0.25, 0.3) is 0 Å². The van der Waals surface area contributed by atoms with Crippen LogP contribution in [0.5, 0.6) is 0 Å². The number of carboxylic acids is 1. The van der Waals surface area contributed by atoms with E-state index in [0.29, 0.717) is 5.57 Å². The number of primary amides is 1. The summed E-state index contributed by atoms with van der Waals surface area (Å²) < 4.78 is 0. The summed E-state index contributed by atoms with van der Waals surface area (Å²) in [7, 11) is 0. The highest BCUT2D eigenvalue weighted by Gasteiger charge is 1.99. The van der Waals surface area contributed by atoms with Gasteiger partial charge in [-0.2, -0.15) is 0 Å². The van der Waals surface area contributed by atoms with E-state index in [1.54, 1.807) is 6.92 Å². The van der Waals surface area contributed by atoms with Crippen LogP contribution in [0, 0.1) is 0 Å². The van der Waals surface area contributed by atoms with Crippen LogP contribution in [-0.2, 0) is 9.59 Å². The molecule has 0 fully saturated rings. The quantitative estimate of drug-likeness (QED) is 0.489. The maximum absolute atomic E-state index is 9.82. The van der Waals surface area contributed by atoms with Gasteiger partial charge < -0.3 is 16.6 Å². The average Bonchev–Trinajstić information content (AvgIpc) is 1.88. The summed E-state index contributed by atoms with van der Waals surface area (Å²) in [6, 6.07) is -0.731. The van der Waals surface area contributed by atoms with Gasteiger partial charge in [-0.05, 0) is 13.8 Å². The third kappa shape index (κ3) is 11.4. The van der Waals surface area contributed by atoms with Crippen LogP contribution < -0.4 is 11.5 Å². The number of rotatable bonds is 2. The highest BCUT2D eigenvalue weighted by molar-refractivity contribution is 5.90. The zero-order chi connectivity index (χ0) is 10.3. The summed E-state index contributed by atoms with van der Waals surface area (Å²) in [6.45, 7) is 6.27. The maximum atomic E-state index is 9.82. The summed E-state index contributed by atoms with van der Waals surface area (Å²) in [6.07, 6.45) is 0. The van der Waals surface area contributed by atoms with Gasteiger partial charge in [0.2, 0.25) is 5.91 Å². The molecule has 0 aromatic rings. The number of carbonyl (C=O) groups excluding carboxylic acids is 1. The first-order chi connectivity index (χ1) is 5.29. The van der Waals surface area contributed by atoms with Crippen molar-refractivity contribution < 1.29 is 14.7 Å². The van der Waals surface area contributed by atoms with Crippen LogP contribution in [0.15, 0.2) is 12.2 Å². The fourth-order valence-corrected chi connectivity index (χ4v) is 0. The summed E-state index contributed by atoms with van der Waals surface area (Å²) in [4.78, 5) is 19.4. The highest BCUT2D eigenvalue weighted by atomic mass is 16.4. The van der Waals surface area contributed by atoms with Crippen LogP contribution >= 0.6 is 0 Å². The van der Waals surface area contributed by atoms with Crippen molar-refractivity contribution in [1.29, 1.82) is 0 Å². The van der Waals surface area contributed by atoms with Gasteiger partial charge in [-0.25, -0.2) is 0 Å². The van der Waals surface area contributed by atoms with E-state index in [0.717, 1.165) is 0 Å². The van der Waals surface area contributed by atoms with E-state index in [2.05, 4.69) is 6.58 Å². The topological polar surface area (TPSA) is 106 Å². The van der Waals surface area contributed by atoms with Crippen LogP contribution in [-0.4, -0.2) is 23.0 Å². The number of hydrogen-bond acceptors (Lipinski definition) is 3. The van der Waals surface area contributed by atoms with Crippen molar-refractivity contribution in [3.05, 3.63) is 12.2 Å². The average molecular weight is 174 g/mol. The van der Waals surface area contributed by atoms with Crippen molar-refractivity contribution >= 4 is 11.9 Å². The summed E-state index contributed by atoms with van der Waals surface area (Å²) >= 11 is 0.